The minimum atomic E-state index is -0.323. The molecular weight excluding hydrogens is 226 g/mol. The molecular formula is C15H25NO2. The van der Waals surface area contributed by atoms with Crippen LogP contribution >= 0.6 is 0 Å². The molecule has 18 heavy (non-hydrogen) atoms. The zero-order valence-electron chi connectivity index (χ0n) is 11.4. The maximum Gasteiger partial charge on any atom is 0.137 e. The zero-order chi connectivity index (χ0) is 13.4. The van der Waals surface area contributed by atoms with Gasteiger partial charge in [0, 0.05) is 6.04 Å². The van der Waals surface area contributed by atoms with E-state index >= 15 is 0 Å². The number of rotatable bonds is 8. The van der Waals surface area contributed by atoms with Crippen LogP contribution in [-0.4, -0.2) is 23.9 Å². The number of ether oxygens (including phenoxy) is 1. The van der Waals surface area contributed by atoms with Gasteiger partial charge in [-0.2, -0.15) is 0 Å². The molecule has 3 N–H and O–H groups in total. The lowest BCUT2D eigenvalue weighted by molar-refractivity contribution is 0.0932. The molecule has 0 aromatic heterocycles. The monoisotopic (exact) mass is 251 g/mol. The van der Waals surface area contributed by atoms with Crippen molar-refractivity contribution in [1.82, 2.24) is 0 Å². The molecule has 3 nitrogen and oxygen atoms in total. The lowest BCUT2D eigenvalue weighted by Gasteiger charge is -2.22. The van der Waals surface area contributed by atoms with E-state index in [0.717, 1.165) is 18.6 Å². The SMILES string of the molecule is CCCCc1ccc(OC(CO)C(N)CC)cc1. The summed E-state index contributed by atoms with van der Waals surface area (Å²) < 4.78 is 5.70. The third-order valence-corrected chi connectivity index (χ3v) is 3.16. The van der Waals surface area contributed by atoms with E-state index in [1.807, 2.05) is 19.1 Å². The lowest BCUT2D eigenvalue weighted by atomic mass is 10.1. The van der Waals surface area contributed by atoms with Crippen molar-refractivity contribution in [3.63, 3.8) is 0 Å². The van der Waals surface area contributed by atoms with Crippen LogP contribution < -0.4 is 10.5 Å². The van der Waals surface area contributed by atoms with E-state index in [4.69, 9.17) is 10.5 Å². The molecule has 2 atom stereocenters. The van der Waals surface area contributed by atoms with Crippen molar-refractivity contribution in [2.45, 2.75) is 51.7 Å². The minimum absolute atomic E-state index is 0.0490. The smallest absolute Gasteiger partial charge is 0.137 e. The largest absolute Gasteiger partial charge is 0.486 e. The third-order valence-electron chi connectivity index (χ3n) is 3.16. The van der Waals surface area contributed by atoms with E-state index in [0.29, 0.717) is 0 Å². The Morgan fingerprint density at radius 3 is 2.39 bits per heavy atom. The first kappa shape index (κ1) is 15.0. The number of aryl methyl sites for hydroxylation is 1. The third kappa shape index (κ3) is 4.67. The van der Waals surface area contributed by atoms with Crippen LogP contribution in [0.4, 0.5) is 0 Å². The van der Waals surface area contributed by atoms with E-state index in [1.165, 1.54) is 18.4 Å². The highest BCUT2D eigenvalue weighted by Crippen LogP contribution is 2.16. The Morgan fingerprint density at radius 1 is 1.22 bits per heavy atom. The molecule has 1 aromatic carbocycles. The Balaban J connectivity index is 2.56. The molecule has 0 aliphatic rings. The van der Waals surface area contributed by atoms with E-state index in [1.54, 1.807) is 0 Å². The van der Waals surface area contributed by atoms with Crippen molar-refractivity contribution in [2.75, 3.05) is 6.61 Å². The van der Waals surface area contributed by atoms with Gasteiger partial charge in [-0.15, -0.1) is 0 Å². The van der Waals surface area contributed by atoms with Crippen LogP contribution in [0.2, 0.25) is 0 Å². The van der Waals surface area contributed by atoms with Crippen molar-refractivity contribution in [3.8, 4) is 5.75 Å². The number of hydrogen-bond acceptors (Lipinski definition) is 3. The van der Waals surface area contributed by atoms with Gasteiger partial charge in [-0.1, -0.05) is 32.4 Å². The van der Waals surface area contributed by atoms with Crippen molar-refractivity contribution in [3.05, 3.63) is 29.8 Å². The van der Waals surface area contributed by atoms with Crippen molar-refractivity contribution < 1.29 is 9.84 Å². The van der Waals surface area contributed by atoms with Crippen molar-refractivity contribution >= 4 is 0 Å². The summed E-state index contributed by atoms with van der Waals surface area (Å²) in [5.41, 5.74) is 7.21. The first-order valence-corrected chi connectivity index (χ1v) is 6.83. The summed E-state index contributed by atoms with van der Waals surface area (Å²) >= 11 is 0. The second kappa shape index (κ2) is 8.11. The number of nitrogens with two attached hydrogens (primary N) is 1. The molecule has 0 aliphatic heterocycles. The zero-order valence-corrected chi connectivity index (χ0v) is 11.4. The molecule has 0 saturated carbocycles. The van der Waals surface area contributed by atoms with Crippen LogP contribution in [-0.2, 0) is 6.42 Å². The standard InChI is InChI=1S/C15H25NO2/c1-3-5-6-12-7-9-13(10-8-12)18-15(11-17)14(16)4-2/h7-10,14-15,17H,3-6,11,16H2,1-2H3. The highest BCUT2D eigenvalue weighted by Gasteiger charge is 2.16. The molecule has 0 heterocycles. The highest BCUT2D eigenvalue weighted by molar-refractivity contribution is 5.27. The topological polar surface area (TPSA) is 55.5 Å². The summed E-state index contributed by atoms with van der Waals surface area (Å²) in [5, 5.41) is 9.25. The molecule has 102 valence electrons. The van der Waals surface area contributed by atoms with Gasteiger partial charge in [-0.3, -0.25) is 0 Å². The van der Waals surface area contributed by atoms with Gasteiger partial charge in [0.05, 0.1) is 6.61 Å². The average molecular weight is 251 g/mol. The van der Waals surface area contributed by atoms with Crippen LogP contribution in [0, 0.1) is 0 Å². The molecule has 0 amide bonds. The van der Waals surface area contributed by atoms with Crippen molar-refractivity contribution in [2.24, 2.45) is 5.73 Å². The maximum absolute atomic E-state index is 9.25. The van der Waals surface area contributed by atoms with Crippen LogP contribution in [0.15, 0.2) is 24.3 Å². The van der Waals surface area contributed by atoms with Gasteiger partial charge in [0.1, 0.15) is 11.9 Å². The first-order chi connectivity index (χ1) is 8.71. The van der Waals surface area contributed by atoms with Crippen LogP contribution in [0.25, 0.3) is 0 Å². The quantitative estimate of drug-likeness (QED) is 0.746. The average Bonchev–Trinajstić information content (AvgIpc) is 2.43. The van der Waals surface area contributed by atoms with Crippen LogP contribution in [0.5, 0.6) is 5.75 Å². The summed E-state index contributed by atoms with van der Waals surface area (Å²) in [5.74, 6) is 0.776. The van der Waals surface area contributed by atoms with E-state index in [9.17, 15) is 5.11 Å². The van der Waals surface area contributed by atoms with Gasteiger partial charge >= 0.3 is 0 Å². The number of unbranched alkanes of at least 4 members (excludes halogenated alkanes) is 1. The number of benzene rings is 1. The normalized spacial score (nSPS) is 14.2. The van der Waals surface area contributed by atoms with Gasteiger partial charge in [-0.05, 0) is 37.0 Å². The maximum atomic E-state index is 9.25. The lowest BCUT2D eigenvalue weighted by Crippen LogP contribution is -2.41. The predicted molar refractivity (Wildman–Crippen MR) is 74.8 cm³/mol. The van der Waals surface area contributed by atoms with Gasteiger partial charge in [0.15, 0.2) is 0 Å². The molecule has 0 spiro atoms. The van der Waals surface area contributed by atoms with Gasteiger partial charge in [-0.25, -0.2) is 0 Å². The Morgan fingerprint density at radius 2 is 1.89 bits per heavy atom. The van der Waals surface area contributed by atoms with E-state index in [2.05, 4.69) is 19.1 Å². The summed E-state index contributed by atoms with van der Waals surface area (Å²) in [7, 11) is 0. The molecule has 0 saturated heterocycles. The van der Waals surface area contributed by atoms with Crippen LogP contribution in [0.1, 0.15) is 38.7 Å². The summed E-state index contributed by atoms with van der Waals surface area (Å²) in [6, 6.07) is 7.94. The molecule has 3 heteroatoms. The summed E-state index contributed by atoms with van der Waals surface area (Å²) in [6.45, 7) is 4.13. The second-order valence-corrected chi connectivity index (χ2v) is 4.66. The minimum Gasteiger partial charge on any atom is -0.486 e. The fraction of sp³-hybridized carbons (Fsp3) is 0.600. The molecule has 1 aromatic rings. The fourth-order valence-corrected chi connectivity index (χ4v) is 1.81. The Hall–Kier alpha value is -1.06. The molecule has 0 bridgehead atoms. The molecule has 0 radical (unpaired) electrons. The molecule has 1 rings (SSSR count). The predicted octanol–water partition coefficient (Wildman–Crippen LogP) is 2.51. The van der Waals surface area contributed by atoms with Gasteiger partial charge in [0.25, 0.3) is 0 Å². The van der Waals surface area contributed by atoms with E-state index < -0.39 is 0 Å². The molecule has 0 aliphatic carbocycles. The summed E-state index contributed by atoms with van der Waals surface area (Å²) in [4.78, 5) is 0. The summed E-state index contributed by atoms with van der Waals surface area (Å²) in [6.07, 6.45) is 3.99. The fourth-order valence-electron chi connectivity index (χ4n) is 1.81. The van der Waals surface area contributed by atoms with Gasteiger partial charge < -0.3 is 15.6 Å². The second-order valence-electron chi connectivity index (χ2n) is 4.66. The number of hydrogen-bond donors (Lipinski definition) is 2. The van der Waals surface area contributed by atoms with Gasteiger partial charge in [0.2, 0.25) is 0 Å². The Kier molecular flexibility index (Phi) is 6.76. The number of aliphatic hydroxyl groups is 1. The highest BCUT2D eigenvalue weighted by atomic mass is 16.5. The molecule has 2 unspecified atom stereocenters. The Bertz CT molecular complexity index is 324. The first-order valence-electron chi connectivity index (χ1n) is 6.83. The number of aliphatic hydroxyl groups excluding tert-OH is 1. The van der Waals surface area contributed by atoms with Crippen LogP contribution in [0.3, 0.4) is 0 Å². The Labute approximate surface area is 110 Å². The van der Waals surface area contributed by atoms with E-state index in [-0.39, 0.29) is 18.8 Å². The van der Waals surface area contributed by atoms with Crippen molar-refractivity contribution in [1.29, 1.82) is 0 Å². The molecule has 0 fully saturated rings.